The quantitative estimate of drug-likeness (QED) is 0.785. The van der Waals surface area contributed by atoms with Gasteiger partial charge in [-0.3, -0.25) is 4.79 Å². The zero-order chi connectivity index (χ0) is 13.0. The molecule has 1 aromatic carbocycles. The predicted octanol–water partition coefficient (Wildman–Crippen LogP) is 0.662. The SMILES string of the molecule is COc1ccc(C(=O)Cn2cc(CO)nn2)cc1. The van der Waals surface area contributed by atoms with Gasteiger partial charge in [-0.2, -0.15) is 0 Å². The molecule has 0 aliphatic rings. The van der Waals surface area contributed by atoms with Crippen LogP contribution >= 0.6 is 0 Å². The molecule has 6 nitrogen and oxygen atoms in total. The molecular weight excluding hydrogens is 234 g/mol. The summed E-state index contributed by atoms with van der Waals surface area (Å²) in [5.41, 5.74) is 1.02. The fourth-order valence-corrected chi connectivity index (χ4v) is 1.50. The van der Waals surface area contributed by atoms with Crippen molar-refractivity contribution in [3.8, 4) is 5.75 Å². The van der Waals surface area contributed by atoms with Gasteiger partial charge in [0.1, 0.15) is 18.0 Å². The highest BCUT2D eigenvalue weighted by molar-refractivity contribution is 5.95. The van der Waals surface area contributed by atoms with Crippen LogP contribution in [0.3, 0.4) is 0 Å². The van der Waals surface area contributed by atoms with Crippen LogP contribution in [-0.4, -0.2) is 33.0 Å². The van der Waals surface area contributed by atoms with Crippen molar-refractivity contribution in [3.63, 3.8) is 0 Å². The fourth-order valence-electron chi connectivity index (χ4n) is 1.50. The van der Waals surface area contributed by atoms with E-state index < -0.39 is 0 Å². The standard InChI is InChI=1S/C12H13N3O3/c1-18-11-4-2-9(3-5-11)12(17)7-15-6-10(8-16)13-14-15/h2-6,16H,7-8H2,1H3. The molecule has 0 aliphatic heterocycles. The first kappa shape index (κ1) is 12.3. The van der Waals surface area contributed by atoms with E-state index in [1.165, 1.54) is 4.68 Å². The second-order valence-electron chi connectivity index (χ2n) is 3.72. The molecule has 0 aliphatic carbocycles. The van der Waals surface area contributed by atoms with Gasteiger partial charge in [0.2, 0.25) is 0 Å². The lowest BCUT2D eigenvalue weighted by Crippen LogP contribution is -2.11. The van der Waals surface area contributed by atoms with E-state index in [1.54, 1.807) is 37.6 Å². The number of carbonyl (C=O) groups is 1. The normalized spacial score (nSPS) is 10.3. The number of benzene rings is 1. The lowest BCUT2D eigenvalue weighted by atomic mass is 10.1. The van der Waals surface area contributed by atoms with Gasteiger partial charge in [0.05, 0.1) is 19.9 Å². The largest absolute Gasteiger partial charge is 0.497 e. The van der Waals surface area contributed by atoms with E-state index in [0.29, 0.717) is 17.0 Å². The van der Waals surface area contributed by atoms with Crippen LogP contribution in [0.25, 0.3) is 0 Å². The number of aliphatic hydroxyl groups excluding tert-OH is 1. The van der Waals surface area contributed by atoms with Gasteiger partial charge in [-0.1, -0.05) is 5.21 Å². The average Bonchev–Trinajstić information content (AvgIpc) is 2.86. The molecule has 0 bridgehead atoms. The highest BCUT2D eigenvalue weighted by Gasteiger charge is 2.08. The Hall–Kier alpha value is -2.21. The van der Waals surface area contributed by atoms with E-state index >= 15 is 0 Å². The van der Waals surface area contributed by atoms with Crippen LogP contribution in [-0.2, 0) is 13.2 Å². The molecule has 0 fully saturated rings. The van der Waals surface area contributed by atoms with E-state index in [9.17, 15) is 4.79 Å². The molecule has 0 amide bonds. The summed E-state index contributed by atoms with van der Waals surface area (Å²) in [4.78, 5) is 11.9. The molecule has 1 heterocycles. The van der Waals surface area contributed by atoms with Gasteiger partial charge in [0.25, 0.3) is 0 Å². The average molecular weight is 247 g/mol. The number of ether oxygens (including phenoxy) is 1. The maximum atomic E-state index is 11.9. The second-order valence-corrected chi connectivity index (χ2v) is 3.72. The number of hydrogen-bond donors (Lipinski definition) is 1. The number of nitrogens with zero attached hydrogens (tertiary/aromatic N) is 3. The summed E-state index contributed by atoms with van der Waals surface area (Å²) in [6, 6.07) is 6.86. The number of aliphatic hydroxyl groups is 1. The first-order valence-electron chi connectivity index (χ1n) is 5.40. The highest BCUT2D eigenvalue weighted by atomic mass is 16.5. The number of methoxy groups -OCH3 is 1. The number of rotatable bonds is 5. The number of Topliss-reactive ketones (excluding diaryl/α,β-unsaturated/α-hetero) is 1. The molecule has 18 heavy (non-hydrogen) atoms. The number of ketones is 1. The number of aromatic nitrogens is 3. The van der Waals surface area contributed by atoms with Crippen LogP contribution in [0.5, 0.6) is 5.75 Å². The van der Waals surface area contributed by atoms with Gasteiger partial charge < -0.3 is 9.84 Å². The van der Waals surface area contributed by atoms with Crippen molar-refractivity contribution in [2.45, 2.75) is 13.2 Å². The summed E-state index contributed by atoms with van der Waals surface area (Å²) in [5, 5.41) is 16.3. The van der Waals surface area contributed by atoms with Gasteiger partial charge in [0.15, 0.2) is 5.78 Å². The Bertz CT molecular complexity index is 534. The summed E-state index contributed by atoms with van der Waals surface area (Å²) in [6.45, 7) is -0.0872. The van der Waals surface area contributed by atoms with Crippen LogP contribution in [0.15, 0.2) is 30.5 Å². The second kappa shape index (κ2) is 5.42. The molecule has 1 N–H and O–H groups in total. The van der Waals surface area contributed by atoms with Crippen LogP contribution in [0, 0.1) is 0 Å². The van der Waals surface area contributed by atoms with Crippen molar-refractivity contribution < 1.29 is 14.6 Å². The molecule has 2 aromatic rings. The predicted molar refractivity (Wildman–Crippen MR) is 63.3 cm³/mol. The van der Waals surface area contributed by atoms with Crippen molar-refractivity contribution in [2.75, 3.05) is 7.11 Å². The van der Waals surface area contributed by atoms with Gasteiger partial charge >= 0.3 is 0 Å². The fraction of sp³-hybridized carbons (Fsp3) is 0.250. The van der Waals surface area contributed by atoms with Gasteiger partial charge in [-0.05, 0) is 24.3 Å². The first-order valence-corrected chi connectivity index (χ1v) is 5.40. The maximum Gasteiger partial charge on any atom is 0.184 e. The topological polar surface area (TPSA) is 77.2 Å². The van der Waals surface area contributed by atoms with Crippen LogP contribution in [0.1, 0.15) is 16.1 Å². The first-order chi connectivity index (χ1) is 8.72. The van der Waals surface area contributed by atoms with Crippen molar-refractivity contribution in [1.82, 2.24) is 15.0 Å². The Morgan fingerprint density at radius 2 is 2.11 bits per heavy atom. The Balaban J connectivity index is 2.06. The van der Waals surface area contributed by atoms with Gasteiger partial charge in [0, 0.05) is 5.56 Å². The van der Waals surface area contributed by atoms with Crippen molar-refractivity contribution >= 4 is 5.78 Å². The molecule has 0 unspecified atom stereocenters. The lowest BCUT2D eigenvalue weighted by molar-refractivity contribution is 0.0967. The molecular formula is C12H13N3O3. The molecule has 0 atom stereocenters. The third-order valence-corrected chi connectivity index (χ3v) is 2.47. The van der Waals surface area contributed by atoms with E-state index in [0.717, 1.165) is 0 Å². The van der Waals surface area contributed by atoms with E-state index in [4.69, 9.17) is 9.84 Å². The summed E-state index contributed by atoms with van der Waals surface area (Å²) in [7, 11) is 1.57. The monoisotopic (exact) mass is 247 g/mol. The van der Waals surface area contributed by atoms with Gasteiger partial charge in [-0.25, -0.2) is 4.68 Å². The minimum Gasteiger partial charge on any atom is -0.497 e. The summed E-state index contributed by atoms with van der Waals surface area (Å²) in [5.74, 6) is 0.627. The van der Waals surface area contributed by atoms with Crippen molar-refractivity contribution in [1.29, 1.82) is 0 Å². The Labute approximate surface area is 104 Å². The summed E-state index contributed by atoms with van der Waals surface area (Å²) in [6.07, 6.45) is 1.54. The molecule has 6 heteroatoms. The van der Waals surface area contributed by atoms with Gasteiger partial charge in [-0.15, -0.1) is 5.10 Å². The molecule has 0 saturated carbocycles. The smallest absolute Gasteiger partial charge is 0.184 e. The van der Waals surface area contributed by atoms with E-state index in [2.05, 4.69) is 10.3 Å². The Morgan fingerprint density at radius 1 is 1.39 bits per heavy atom. The number of hydrogen-bond acceptors (Lipinski definition) is 5. The molecule has 94 valence electrons. The van der Waals surface area contributed by atoms with E-state index in [1.807, 2.05) is 0 Å². The third-order valence-electron chi connectivity index (χ3n) is 2.47. The molecule has 1 aromatic heterocycles. The Morgan fingerprint density at radius 3 is 2.67 bits per heavy atom. The summed E-state index contributed by atoms with van der Waals surface area (Å²) < 4.78 is 6.42. The minimum absolute atomic E-state index is 0.0768. The maximum absolute atomic E-state index is 11.9. The molecule has 2 rings (SSSR count). The van der Waals surface area contributed by atoms with Crippen LogP contribution in [0.2, 0.25) is 0 Å². The Kier molecular flexibility index (Phi) is 3.69. The van der Waals surface area contributed by atoms with Crippen LogP contribution < -0.4 is 4.74 Å². The molecule has 0 radical (unpaired) electrons. The third kappa shape index (κ3) is 2.72. The van der Waals surface area contributed by atoms with Crippen LogP contribution in [0.4, 0.5) is 0 Å². The zero-order valence-corrected chi connectivity index (χ0v) is 9.91. The van der Waals surface area contributed by atoms with Crippen molar-refractivity contribution in [3.05, 3.63) is 41.7 Å². The highest BCUT2D eigenvalue weighted by Crippen LogP contribution is 2.12. The minimum atomic E-state index is -0.184. The molecule has 0 spiro atoms. The zero-order valence-electron chi connectivity index (χ0n) is 9.91. The summed E-state index contributed by atoms with van der Waals surface area (Å²) >= 11 is 0. The number of carbonyl (C=O) groups excluding carboxylic acids is 1. The van der Waals surface area contributed by atoms with Crippen molar-refractivity contribution in [2.24, 2.45) is 0 Å². The lowest BCUT2D eigenvalue weighted by Gasteiger charge is -2.02. The molecule has 0 saturated heterocycles. The van der Waals surface area contributed by atoms with E-state index in [-0.39, 0.29) is 18.9 Å².